The maximum absolute atomic E-state index is 4.49. The number of nitrogens with zero attached hydrogens (tertiary/aromatic N) is 1. The first-order valence-corrected chi connectivity index (χ1v) is 14.7. The van der Waals surface area contributed by atoms with Gasteiger partial charge in [0.05, 0.1) is 0 Å². The van der Waals surface area contributed by atoms with E-state index in [-0.39, 0.29) is 0 Å². The summed E-state index contributed by atoms with van der Waals surface area (Å²) in [6, 6.07) is 0. The quantitative estimate of drug-likeness (QED) is 0.0862. The minimum Gasteiger partial charge on any atom is -0.337 e. The minimum atomic E-state index is -1.47. The Hall–Kier alpha value is -0.573. The largest absolute Gasteiger partial charge is 0.337 e. The predicted octanol–water partition coefficient (Wildman–Crippen LogP) is 8.60. The van der Waals surface area contributed by atoms with Crippen LogP contribution in [0.3, 0.4) is 0 Å². The van der Waals surface area contributed by atoms with E-state index in [2.05, 4.69) is 69.3 Å². The van der Waals surface area contributed by atoms with Crippen LogP contribution in [0.2, 0.25) is 18.1 Å². The molecule has 0 radical (unpaired) electrons. The smallest absolute Gasteiger partial charge is 0.173 e. The summed E-state index contributed by atoms with van der Waals surface area (Å²) in [6.07, 6.45) is 25.7. The average molecular weight is 395 g/mol. The molecule has 0 aromatic rings. The lowest BCUT2D eigenvalue weighted by atomic mass is 10.1. The van der Waals surface area contributed by atoms with Crippen LogP contribution in [0.25, 0.3) is 0 Å². The molecule has 0 atom stereocenters. The molecular weight excluding hydrogens is 344 g/mol. The fraction of sp³-hybridized carbons (Fsp3) is 0.875. The first kappa shape index (κ1) is 26.4. The second-order valence-corrected chi connectivity index (χ2v) is 14.6. The average Bonchev–Trinajstić information content (AvgIpc) is 2.59. The molecule has 0 aliphatic rings. The van der Waals surface area contributed by atoms with Gasteiger partial charge in [-0.05, 0) is 50.2 Å². The first-order valence-electron chi connectivity index (χ1n) is 11.7. The lowest BCUT2D eigenvalue weighted by Crippen LogP contribution is -2.49. The zero-order valence-electron chi connectivity index (χ0n) is 19.6. The highest BCUT2D eigenvalue weighted by Gasteiger charge is 2.35. The van der Waals surface area contributed by atoms with Crippen LogP contribution in [0.5, 0.6) is 0 Å². The molecule has 0 spiro atoms. The van der Waals surface area contributed by atoms with Crippen molar-refractivity contribution in [3.8, 4) is 0 Å². The van der Waals surface area contributed by atoms with E-state index >= 15 is 0 Å². The van der Waals surface area contributed by atoms with Crippen molar-refractivity contribution in [3.63, 3.8) is 0 Å². The van der Waals surface area contributed by atoms with E-state index in [1.165, 1.54) is 83.5 Å². The van der Waals surface area contributed by atoms with Gasteiger partial charge in [0.15, 0.2) is 8.24 Å². The van der Waals surface area contributed by atoms with Crippen LogP contribution in [0.4, 0.5) is 0 Å². The lowest BCUT2D eigenvalue weighted by Gasteiger charge is -2.35. The third kappa shape index (κ3) is 16.1. The number of rotatable bonds is 17. The highest BCUT2D eigenvalue weighted by molar-refractivity contribution is 6.77. The molecule has 0 aromatic carbocycles. The van der Waals surface area contributed by atoms with Crippen molar-refractivity contribution in [2.24, 2.45) is 5.10 Å². The highest BCUT2D eigenvalue weighted by atomic mass is 28.3. The summed E-state index contributed by atoms with van der Waals surface area (Å²) in [6.45, 7) is 13.9. The highest BCUT2D eigenvalue weighted by Crippen LogP contribution is 2.33. The van der Waals surface area contributed by atoms with Gasteiger partial charge in [-0.2, -0.15) is 0 Å². The van der Waals surface area contributed by atoms with E-state index in [0.717, 1.165) is 6.42 Å². The Morgan fingerprint density at radius 2 is 1.15 bits per heavy atom. The van der Waals surface area contributed by atoms with Crippen LogP contribution in [0.1, 0.15) is 118 Å². The fourth-order valence-corrected chi connectivity index (χ4v) is 3.48. The number of hydrazone groups is 1. The van der Waals surface area contributed by atoms with Crippen LogP contribution in [-0.2, 0) is 0 Å². The fourth-order valence-electron chi connectivity index (χ4n) is 2.73. The van der Waals surface area contributed by atoms with Crippen LogP contribution in [0, 0.1) is 0 Å². The molecule has 27 heavy (non-hydrogen) atoms. The van der Waals surface area contributed by atoms with E-state index in [1.807, 2.05) is 0 Å². The molecule has 0 rings (SSSR count). The molecule has 1 N–H and O–H groups in total. The molecule has 160 valence electrons. The number of allylic oxidation sites excluding steroid dienone is 2. The lowest BCUT2D eigenvalue weighted by molar-refractivity contribution is 0.563. The summed E-state index contributed by atoms with van der Waals surface area (Å²) in [5.41, 5.74) is 0. The van der Waals surface area contributed by atoms with Crippen molar-refractivity contribution in [1.29, 1.82) is 0 Å². The number of hydrogen-bond donors (Lipinski definition) is 1. The van der Waals surface area contributed by atoms with Gasteiger partial charge in [0.1, 0.15) is 0 Å². The molecule has 2 nitrogen and oxygen atoms in total. The van der Waals surface area contributed by atoms with Crippen molar-refractivity contribution in [3.05, 3.63) is 12.2 Å². The van der Waals surface area contributed by atoms with E-state index in [1.54, 1.807) is 0 Å². The number of unbranched alkanes of at least 4 members (excludes halogenated alkanes) is 12. The molecule has 0 unspecified atom stereocenters. The van der Waals surface area contributed by atoms with Gasteiger partial charge in [-0.15, -0.1) is 0 Å². The summed E-state index contributed by atoms with van der Waals surface area (Å²) in [7, 11) is -1.47. The summed E-state index contributed by atoms with van der Waals surface area (Å²) < 4.78 is 0. The zero-order chi connectivity index (χ0) is 20.4. The van der Waals surface area contributed by atoms with Gasteiger partial charge in [0, 0.05) is 6.21 Å². The van der Waals surface area contributed by atoms with E-state index < -0.39 is 8.24 Å². The van der Waals surface area contributed by atoms with E-state index in [0.29, 0.717) is 5.04 Å². The van der Waals surface area contributed by atoms with Gasteiger partial charge < -0.3 is 5.09 Å². The summed E-state index contributed by atoms with van der Waals surface area (Å²) >= 11 is 0. The Morgan fingerprint density at radius 3 is 1.63 bits per heavy atom. The minimum absolute atomic E-state index is 0.343. The standard InChI is InChI=1S/C24H50N2Si/c1-7-8-9-10-11-12-13-14-15-16-17-18-19-20-21-22-23-25-26-27(5,6)24(2,3)4/h10-11,23,26H,7-9,12-22H2,1-6H3/b11-10+,25-23+. The SMILES string of the molecule is CCCC/C=C/CCCCCCCCCCC/C=N/N[Si](C)(C)C(C)(C)C. The Labute approximate surface area is 172 Å². The summed E-state index contributed by atoms with van der Waals surface area (Å²) in [4.78, 5) is 0. The Balaban J connectivity index is 3.34. The van der Waals surface area contributed by atoms with E-state index in [9.17, 15) is 0 Å². The van der Waals surface area contributed by atoms with Crippen LogP contribution >= 0.6 is 0 Å². The van der Waals surface area contributed by atoms with E-state index in [4.69, 9.17) is 0 Å². The normalized spacial score (nSPS) is 13.1. The van der Waals surface area contributed by atoms with Crippen molar-refractivity contribution in [1.82, 2.24) is 5.09 Å². The molecule has 3 heteroatoms. The number of hydrogen-bond acceptors (Lipinski definition) is 2. The molecule has 0 saturated carbocycles. The Morgan fingerprint density at radius 1 is 0.704 bits per heavy atom. The molecule has 0 aliphatic heterocycles. The van der Waals surface area contributed by atoms with Crippen molar-refractivity contribution < 1.29 is 0 Å². The Kier molecular flexibility index (Phi) is 16.0. The second kappa shape index (κ2) is 16.4. The first-order chi connectivity index (χ1) is 12.8. The van der Waals surface area contributed by atoms with Gasteiger partial charge >= 0.3 is 0 Å². The monoisotopic (exact) mass is 394 g/mol. The summed E-state index contributed by atoms with van der Waals surface area (Å²) in [5.74, 6) is 0. The molecule has 0 bridgehead atoms. The van der Waals surface area contributed by atoms with Crippen LogP contribution < -0.4 is 5.09 Å². The van der Waals surface area contributed by atoms with Gasteiger partial charge in [0.25, 0.3) is 0 Å². The molecule has 0 saturated heterocycles. The summed E-state index contributed by atoms with van der Waals surface area (Å²) in [5, 5.41) is 8.29. The van der Waals surface area contributed by atoms with Crippen LogP contribution in [-0.4, -0.2) is 14.5 Å². The van der Waals surface area contributed by atoms with Gasteiger partial charge in [0.2, 0.25) is 0 Å². The molecule has 0 amide bonds. The van der Waals surface area contributed by atoms with Crippen molar-refractivity contribution >= 4 is 14.5 Å². The molecule has 0 aliphatic carbocycles. The zero-order valence-corrected chi connectivity index (χ0v) is 20.6. The molecular formula is C24H50N2Si. The third-order valence-electron chi connectivity index (χ3n) is 5.91. The van der Waals surface area contributed by atoms with Crippen molar-refractivity contribution in [2.75, 3.05) is 0 Å². The maximum Gasteiger partial charge on any atom is 0.173 e. The maximum atomic E-state index is 4.49. The molecule has 0 fully saturated rings. The second-order valence-electron chi connectivity index (χ2n) is 9.67. The Bertz CT molecular complexity index is 380. The van der Waals surface area contributed by atoms with Gasteiger partial charge in [-0.25, -0.2) is 5.10 Å². The predicted molar refractivity (Wildman–Crippen MR) is 128 cm³/mol. The van der Waals surface area contributed by atoms with Gasteiger partial charge in [-0.1, -0.05) is 97.6 Å². The van der Waals surface area contributed by atoms with Crippen LogP contribution in [0.15, 0.2) is 17.3 Å². The third-order valence-corrected chi connectivity index (χ3v) is 10.3. The van der Waals surface area contributed by atoms with Crippen molar-refractivity contribution in [2.45, 2.75) is 136 Å². The molecule has 0 aromatic heterocycles. The molecule has 0 heterocycles. The topological polar surface area (TPSA) is 24.4 Å². The number of nitrogens with one attached hydrogen (secondary N) is 1. The van der Waals surface area contributed by atoms with Gasteiger partial charge in [-0.3, -0.25) is 0 Å².